The standard InChI is InChI=1S/C16H25N/c1-4-14-6-9-15(10-7-14)17-16-8-5-12(2)13(3)11-16/h5,8,11,14-15,17H,4,6-7,9-10H2,1-3H3. The molecule has 1 aromatic carbocycles. The van der Waals surface area contributed by atoms with Crippen LogP contribution in [0.4, 0.5) is 5.69 Å². The summed E-state index contributed by atoms with van der Waals surface area (Å²) in [6.45, 7) is 6.68. The van der Waals surface area contributed by atoms with Crippen molar-refractivity contribution in [2.45, 2.75) is 58.9 Å². The van der Waals surface area contributed by atoms with E-state index in [4.69, 9.17) is 0 Å². The molecular formula is C16H25N. The van der Waals surface area contributed by atoms with Crippen LogP contribution < -0.4 is 5.32 Å². The quantitative estimate of drug-likeness (QED) is 0.796. The fourth-order valence-electron chi connectivity index (χ4n) is 2.78. The Morgan fingerprint density at radius 1 is 1.06 bits per heavy atom. The van der Waals surface area contributed by atoms with E-state index in [1.54, 1.807) is 0 Å². The van der Waals surface area contributed by atoms with E-state index in [2.05, 4.69) is 44.3 Å². The fraction of sp³-hybridized carbons (Fsp3) is 0.625. The van der Waals surface area contributed by atoms with Crippen LogP contribution in [0.25, 0.3) is 0 Å². The maximum absolute atomic E-state index is 3.69. The maximum Gasteiger partial charge on any atom is 0.0345 e. The summed E-state index contributed by atoms with van der Waals surface area (Å²) in [6, 6.07) is 7.41. The minimum atomic E-state index is 0.694. The van der Waals surface area contributed by atoms with Gasteiger partial charge in [-0.3, -0.25) is 0 Å². The topological polar surface area (TPSA) is 12.0 Å². The van der Waals surface area contributed by atoms with Gasteiger partial charge in [0, 0.05) is 11.7 Å². The summed E-state index contributed by atoms with van der Waals surface area (Å²) in [5.74, 6) is 0.979. The second-order valence-corrected chi connectivity index (χ2v) is 5.57. The normalized spacial score (nSPS) is 24.6. The molecule has 1 fully saturated rings. The monoisotopic (exact) mass is 231 g/mol. The van der Waals surface area contributed by atoms with Crippen LogP contribution in [0.5, 0.6) is 0 Å². The third-order valence-corrected chi connectivity index (χ3v) is 4.30. The van der Waals surface area contributed by atoms with Gasteiger partial charge in [0.1, 0.15) is 0 Å². The van der Waals surface area contributed by atoms with Crippen LogP contribution in [0.1, 0.15) is 50.2 Å². The van der Waals surface area contributed by atoms with Crippen LogP contribution in [0, 0.1) is 19.8 Å². The second-order valence-electron chi connectivity index (χ2n) is 5.57. The minimum Gasteiger partial charge on any atom is -0.382 e. The van der Waals surface area contributed by atoms with Gasteiger partial charge in [-0.05, 0) is 68.7 Å². The summed E-state index contributed by atoms with van der Waals surface area (Å²) in [5.41, 5.74) is 4.07. The zero-order valence-corrected chi connectivity index (χ0v) is 11.4. The van der Waals surface area contributed by atoms with Gasteiger partial charge < -0.3 is 5.32 Å². The summed E-state index contributed by atoms with van der Waals surface area (Å²) in [4.78, 5) is 0. The molecule has 2 rings (SSSR count). The predicted octanol–water partition coefficient (Wildman–Crippen LogP) is 4.68. The van der Waals surface area contributed by atoms with Crippen molar-refractivity contribution in [3.05, 3.63) is 29.3 Å². The SMILES string of the molecule is CCC1CCC(Nc2ccc(C)c(C)c2)CC1. The Balaban J connectivity index is 1.91. The Hall–Kier alpha value is -0.980. The third kappa shape index (κ3) is 3.24. The molecule has 0 aromatic heterocycles. The number of rotatable bonds is 3. The molecule has 0 bridgehead atoms. The van der Waals surface area contributed by atoms with Gasteiger partial charge in [-0.2, -0.15) is 0 Å². The smallest absolute Gasteiger partial charge is 0.0345 e. The van der Waals surface area contributed by atoms with Crippen LogP contribution in [0.2, 0.25) is 0 Å². The van der Waals surface area contributed by atoms with Crippen LogP contribution in [-0.2, 0) is 0 Å². The summed E-state index contributed by atoms with van der Waals surface area (Å²) < 4.78 is 0. The van der Waals surface area contributed by atoms with Gasteiger partial charge >= 0.3 is 0 Å². The number of hydrogen-bond donors (Lipinski definition) is 1. The molecule has 17 heavy (non-hydrogen) atoms. The van der Waals surface area contributed by atoms with E-state index in [-0.39, 0.29) is 0 Å². The molecule has 0 heterocycles. The highest BCUT2D eigenvalue weighted by Gasteiger charge is 2.19. The number of aryl methyl sites for hydroxylation is 2. The molecule has 0 saturated heterocycles. The van der Waals surface area contributed by atoms with Crippen LogP contribution in [0.15, 0.2) is 18.2 Å². The minimum absolute atomic E-state index is 0.694. The Bertz CT molecular complexity index is 362. The predicted molar refractivity (Wildman–Crippen MR) is 75.6 cm³/mol. The first-order chi connectivity index (χ1) is 8.19. The van der Waals surface area contributed by atoms with Crippen molar-refractivity contribution in [2.24, 2.45) is 5.92 Å². The van der Waals surface area contributed by atoms with E-state index in [1.165, 1.54) is 48.9 Å². The maximum atomic E-state index is 3.69. The largest absolute Gasteiger partial charge is 0.382 e. The lowest BCUT2D eigenvalue weighted by Gasteiger charge is -2.29. The zero-order chi connectivity index (χ0) is 12.3. The zero-order valence-electron chi connectivity index (χ0n) is 11.4. The third-order valence-electron chi connectivity index (χ3n) is 4.30. The van der Waals surface area contributed by atoms with Gasteiger partial charge in [-0.25, -0.2) is 0 Å². The molecule has 1 aliphatic rings. The fourth-order valence-corrected chi connectivity index (χ4v) is 2.78. The molecule has 1 heteroatoms. The average Bonchev–Trinajstić information content (AvgIpc) is 2.35. The first kappa shape index (κ1) is 12.5. The van der Waals surface area contributed by atoms with Crippen molar-refractivity contribution in [3.8, 4) is 0 Å². The summed E-state index contributed by atoms with van der Waals surface area (Å²) in [6.07, 6.45) is 6.84. The lowest BCUT2D eigenvalue weighted by atomic mass is 9.84. The highest BCUT2D eigenvalue weighted by Crippen LogP contribution is 2.28. The van der Waals surface area contributed by atoms with Crippen LogP contribution in [0.3, 0.4) is 0 Å². The molecular weight excluding hydrogens is 206 g/mol. The first-order valence-corrected chi connectivity index (χ1v) is 7.03. The Labute approximate surface area is 106 Å². The van der Waals surface area contributed by atoms with E-state index < -0.39 is 0 Å². The van der Waals surface area contributed by atoms with E-state index in [9.17, 15) is 0 Å². The molecule has 0 aliphatic heterocycles. The van der Waals surface area contributed by atoms with Crippen LogP contribution in [-0.4, -0.2) is 6.04 Å². The molecule has 1 saturated carbocycles. The highest BCUT2D eigenvalue weighted by molar-refractivity contribution is 5.48. The first-order valence-electron chi connectivity index (χ1n) is 7.03. The van der Waals surface area contributed by atoms with Crippen molar-refractivity contribution < 1.29 is 0 Å². The Morgan fingerprint density at radius 2 is 1.76 bits per heavy atom. The highest BCUT2D eigenvalue weighted by atomic mass is 14.9. The number of anilines is 1. The van der Waals surface area contributed by atoms with Gasteiger partial charge in [-0.15, -0.1) is 0 Å². The molecule has 0 spiro atoms. The van der Waals surface area contributed by atoms with Gasteiger partial charge in [0.2, 0.25) is 0 Å². The Morgan fingerprint density at radius 3 is 2.35 bits per heavy atom. The van der Waals surface area contributed by atoms with Crippen molar-refractivity contribution in [1.29, 1.82) is 0 Å². The molecule has 0 amide bonds. The Kier molecular flexibility index (Phi) is 4.09. The molecule has 1 nitrogen and oxygen atoms in total. The van der Waals surface area contributed by atoms with Crippen molar-refractivity contribution in [1.82, 2.24) is 0 Å². The summed E-state index contributed by atoms with van der Waals surface area (Å²) in [5, 5.41) is 3.69. The molecule has 1 aromatic rings. The van der Waals surface area contributed by atoms with Crippen LogP contribution >= 0.6 is 0 Å². The molecule has 0 atom stereocenters. The van der Waals surface area contributed by atoms with Gasteiger partial charge in [0.15, 0.2) is 0 Å². The van der Waals surface area contributed by atoms with Crippen molar-refractivity contribution in [3.63, 3.8) is 0 Å². The van der Waals surface area contributed by atoms with Crippen molar-refractivity contribution >= 4 is 5.69 Å². The molecule has 0 radical (unpaired) electrons. The molecule has 0 unspecified atom stereocenters. The number of nitrogens with one attached hydrogen (secondary N) is 1. The van der Waals surface area contributed by atoms with E-state index in [0.717, 1.165) is 5.92 Å². The van der Waals surface area contributed by atoms with Gasteiger partial charge in [0.25, 0.3) is 0 Å². The molecule has 1 N–H and O–H groups in total. The lowest BCUT2D eigenvalue weighted by molar-refractivity contribution is 0.330. The summed E-state index contributed by atoms with van der Waals surface area (Å²) in [7, 11) is 0. The lowest BCUT2D eigenvalue weighted by Crippen LogP contribution is -2.25. The summed E-state index contributed by atoms with van der Waals surface area (Å²) >= 11 is 0. The second kappa shape index (κ2) is 5.57. The van der Waals surface area contributed by atoms with E-state index >= 15 is 0 Å². The van der Waals surface area contributed by atoms with E-state index in [0.29, 0.717) is 6.04 Å². The van der Waals surface area contributed by atoms with Gasteiger partial charge in [0.05, 0.1) is 0 Å². The van der Waals surface area contributed by atoms with Crippen molar-refractivity contribution in [2.75, 3.05) is 5.32 Å². The molecule has 1 aliphatic carbocycles. The van der Waals surface area contributed by atoms with Gasteiger partial charge in [-0.1, -0.05) is 19.4 Å². The number of hydrogen-bond acceptors (Lipinski definition) is 1. The molecule has 94 valence electrons. The number of benzene rings is 1. The van der Waals surface area contributed by atoms with E-state index in [1.807, 2.05) is 0 Å². The average molecular weight is 231 g/mol.